The molecule has 0 radical (unpaired) electrons. The van der Waals surface area contributed by atoms with Crippen molar-refractivity contribution in [2.75, 3.05) is 25.1 Å². The number of fused-ring (bicyclic) bond motifs is 1. The quantitative estimate of drug-likeness (QED) is 0.579. The minimum Gasteiger partial charge on any atom is -0.497 e. The largest absolute Gasteiger partial charge is 0.497 e. The van der Waals surface area contributed by atoms with Crippen LogP contribution in [0, 0.1) is 0 Å². The average molecular weight is 369 g/mol. The average Bonchev–Trinajstić information content (AvgIpc) is 2.68. The number of hydrogen-bond donors (Lipinski definition) is 2. The SMILES string of the molecule is COc1cccc(CN2CCCc3cc(CCCN(O)C(N)=O)ccc32)c1. The van der Waals surface area contributed by atoms with Gasteiger partial charge in [-0.1, -0.05) is 24.3 Å². The van der Waals surface area contributed by atoms with Gasteiger partial charge in [0.15, 0.2) is 0 Å². The van der Waals surface area contributed by atoms with E-state index in [-0.39, 0.29) is 6.54 Å². The maximum absolute atomic E-state index is 10.8. The molecule has 0 spiro atoms. The van der Waals surface area contributed by atoms with Gasteiger partial charge in [0, 0.05) is 18.8 Å². The smallest absolute Gasteiger partial charge is 0.338 e. The van der Waals surface area contributed by atoms with Gasteiger partial charge in [-0.2, -0.15) is 0 Å². The Hall–Kier alpha value is -2.73. The van der Waals surface area contributed by atoms with E-state index in [0.717, 1.165) is 38.1 Å². The number of urea groups is 1. The molecule has 1 aliphatic heterocycles. The number of hydroxylamine groups is 2. The molecule has 1 heterocycles. The van der Waals surface area contributed by atoms with E-state index < -0.39 is 6.03 Å². The highest BCUT2D eigenvalue weighted by Crippen LogP contribution is 2.30. The second-order valence-corrected chi connectivity index (χ2v) is 6.90. The normalized spacial score (nSPS) is 13.2. The Morgan fingerprint density at radius 2 is 2.11 bits per heavy atom. The zero-order valence-corrected chi connectivity index (χ0v) is 15.7. The predicted molar refractivity (Wildman–Crippen MR) is 105 cm³/mol. The van der Waals surface area contributed by atoms with Crippen molar-refractivity contribution < 1.29 is 14.7 Å². The molecule has 6 nitrogen and oxygen atoms in total. The van der Waals surface area contributed by atoms with Gasteiger partial charge in [0.2, 0.25) is 0 Å². The van der Waals surface area contributed by atoms with E-state index in [9.17, 15) is 10.0 Å². The zero-order chi connectivity index (χ0) is 19.2. The summed E-state index contributed by atoms with van der Waals surface area (Å²) in [6.45, 7) is 2.15. The minimum atomic E-state index is -0.811. The van der Waals surface area contributed by atoms with Gasteiger partial charge in [0.05, 0.1) is 13.7 Å². The van der Waals surface area contributed by atoms with Crippen LogP contribution in [0.2, 0.25) is 0 Å². The molecule has 1 aliphatic rings. The molecule has 0 saturated heterocycles. The molecule has 144 valence electrons. The van der Waals surface area contributed by atoms with Crippen LogP contribution in [0.5, 0.6) is 5.75 Å². The van der Waals surface area contributed by atoms with Crippen LogP contribution in [-0.2, 0) is 19.4 Å². The van der Waals surface area contributed by atoms with Crippen molar-refractivity contribution in [3.05, 3.63) is 59.2 Å². The maximum Gasteiger partial charge on any atom is 0.338 e. The first-order valence-electron chi connectivity index (χ1n) is 9.32. The van der Waals surface area contributed by atoms with Gasteiger partial charge in [0.1, 0.15) is 5.75 Å². The highest BCUT2D eigenvalue weighted by molar-refractivity contribution is 5.70. The Morgan fingerprint density at radius 1 is 1.26 bits per heavy atom. The summed E-state index contributed by atoms with van der Waals surface area (Å²) in [5.74, 6) is 0.883. The van der Waals surface area contributed by atoms with Crippen molar-refractivity contribution in [3.8, 4) is 5.75 Å². The van der Waals surface area contributed by atoms with Gasteiger partial charge >= 0.3 is 6.03 Å². The number of ether oxygens (including phenoxy) is 1. The molecule has 2 aromatic carbocycles. The fraction of sp³-hybridized carbons (Fsp3) is 0.381. The standard InChI is InChI=1S/C21H27N3O3/c1-27-19-8-2-5-17(14-19)15-23-11-4-7-18-13-16(9-10-20(18)23)6-3-12-24(26)21(22)25/h2,5,8-10,13-14,26H,3-4,6-7,11-12,15H2,1H3,(H2,22,25). The number of hydrogen-bond acceptors (Lipinski definition) is 4. The summed E-state index contributed by atoms with van der Waals surface area (Å²) in [5.41, 5.74) is 10.1. The van der Waals surface area contributed by atoms with Gasteiger partial charge < -0.3 is 15.4 Å². The molecule has 0 atom stereocenters. The van der Waals surface area contributed by atoms with Crippen LogP contribution < -0.4 is 15.4 Å². The summed E-state index contributed by atoms with van der Waals surface area (Å²) >= 11 is 0. The monoisotopic (exact) mass is 369 g/mol. The van der Waals surface area contributed by atoms with Crippen LogP contribution in [0.4, 0.5) is 10.5 Å². The first kappa shape index (κ1) is 19.0. The number of benzene rings is 2. The lowest BCUT2D eigenvalue weighted by molar-refractivity contribution is -0.0398. The number of methoxy groups -OCH3 is 1. The second-order valence-electron chi connectivity index (χ2n) is 6.90. The molecule has 0 bridgehead atoms. The zero-order valence-electron chi connectivity index (χ0n) is 15.7. The number of carbonyl (C=O) groups is 1. The number of primary amides is 1. The fourth-order valence-electron chi connectivity index (χ4n) is 3.58. The predicted octanol–water partition coefficient (Wildman–Crippen LogP) is 3.35. The Labute approximate surface area is 160 Å². The summed E-state index contributed by atoms with van der Waals surface area (Å²) < 4.78 is 5.33. The van der Waals surface area contributed by atoms with E-state index in [1.54, 1.807) is 7.11 Å². The number of rotatable bonds is 7. The molecule has 0 aliphatic carbocycles. The molecule has 0 unspecified atom stereocenters. The second kappa shape index (κ2) is 8.77. The van der Waals surface area contributed by atoms with Crippen LogP contribution in [0.15, 0.2) is 42.5 Å². The third-order valence-corrected chi connectivity index (χ3v) is 4.96. The van der Waals surface area contributed by atoms with Crippen molar-refractivity contribution in [1.29, 1.82) is 0 Å². The van der Waals surface area contributed by atoms with Gasteiger partial charge in [0.25, 0.3) is 0 Å². The number of anilines is 1. The number of aryl methyl sites for hydroxylation is 2. The van der Waals surface area contributed by atoms with E-state index in [1.165, 1.54) is 22.4 Å². The van der Waals surface area contributed by atoms with Crippen LogP contribution in [0.25, 0.3) is 0 Å². The van der Waals surface area contributed by atoms with Crippen LogP contribution in [0.3, 0.4) is 0 Å². The van der Waals surface area contributed by atoms with Crippen molar-refractivity contribution in [2.45, 2.75) is 32.2 Å². The minimum absolute atomic E-state index is 0.244. The maximum atomic E-state index is 10.8. The molecular formula is C21H27N3O3. The van der Waals surface area contributed by atoms with Gasteiger partial charge in [-0.15, -0.1) is 0 Å². The molecule has 2 aromatic rings. The summed E-state index contributed by atoms with van der Waals surface area (Å²) in [6.07, 6.45) is 3.68. The number of carbonyl (C=O) groups excluding carboxylic acids is 1. The molecular weight excluding hydrogens is 342 g/mol. The van der Waals surface area contributed by atoms with Crippen LogP contribution >= 0.6 is 0 Å². The van der Waals surface area contributed by atoms with Gasteiger partial charge in [-0.05, 0) is 60.6 Å². The lowest BCUT2D eigenvalue weighted by Gasteiger charge is -2.32. The lowest BCUT2D eigenvalue weighted by Crippen LogP contribution is -2.33. The summed E-state index contributed by atoms with van der Waals surface area (Å²) in [7, 11) is 1.69. The number of amides is 2. The number of nitrogens with two attached hydrogens (primary N) is 1. The third-order valence-electron chi connectivity index (χ3n) is 4.96. The first-order chi connectivity index (χ1) is 13.1. The molecule has 6 heteroatoms. The summed E-state index contributed by atoms with van der Waals surface area (Å²) in [5, 5.41) is 9.92. The molecule has 3 rings (SSSR count). The third kappa shape index (κ3) is 4.92. The highest BCUT2D eigenvalue weighted by Gasteiger charge is 2.17. The number of nitrogens with zero attached hydrogens (tertiary/aromatic N) is 2. The lowest BCUT2D eigenvalue weighted by atomic mass is 9.97. The Kier molecular flexibility index (Phi) is 6.19. The Morgan fingerprint density at radius 3 is 2.89 bits per heavy atom. The van der Waals surface area contributed by atoms with Crippen molar-refractivity contribution in [1.82, 2.24) is 5.06 Å². The summed E-state index contributed by atoms with van der Waals surface area (Å²) in [6, 6.07) is 14.0. The van der Waals surface area contributed by atoms with Crippen molar-refractivity contribution in [3.63, 3.8) is 0 Å². The van der Waals surface area contributed by atoms with Crippen LogP contribution in [-0.4, -0.2) is 36.5 Å². The van der Waals surface area contributed by atoms with E-state index >= 15 is 0 Å². The molecule has 3 N–H and O–H groups in total. The Bertz CT molecular complexity index is 794. The van der Waals surface area contributed by atoms with E-state index in [2.05, 4.69) is 35.2 Å². The molecule has 0 fully saturated rings. The molecule has 0 aromatic heterocycles. The fourth-order valence-corrected chi connectivity index (χ4v) is 3.58. The molecule has 0 saturated carbocycles. The van der Waals surface area contributed by atoms with Crippen LogP contribution in [0.1, 0.15) is 29.5 Å². The summed E-state index contributed by atoms with van der Waals surface area (Å²) in [4.78, 5) is 13.3. The van der Waals surface area contributed by atoms with E-state index in [0.29, 0.717) is 11.5 Å². The van der Waals surface area contributed by atoms with Crippen molar-refractivity contribution in [2.24, 2.45) is 5.73 Å². The highest BCUT2D eigenvalue weighted by atomic mass is 16.5. The topological polar surface area (TPSA) is 79.0 Å². The van der Waals surface area contributed by atoms with Gasteiger partial charge in [-0.25, -0.2) is 9.86 Å². The van der Waals surface area contributed by atoms with Crippen molar-refractivity contribution >= 4 is 11.7 Å². The van der Waals surface area contributed by atoms with E-state index in [1.807, 2.05) is 12.1 Å². The van der Waals surface area contributed by atoms with Gasteiger partial charge in [-0.3, -0.25) is 5.21 Å². The van der Waals surface area contributed by atoms with E-state index in [4.69, 9.17) is 10.5 Å². The molecule has 27 heavy (non-hydrogen) atoms. The molecule has 2 amide bonds. The Balaban J connectivity index is 1.66. The first-order valence-corrected chi connectivity index (χ1v) is 9.32.